The normalized spacial score (nSPS) is 27.8. The van der Waals surface area contributed by atoms with Crippen molar-refractivity contribution in [2.24, 2.45) is 0 Å². The SMILES string of the molecule is CC1CN(N2C=CNC(Cl)(c3cc(-c4ccc(F)c(Cl)c4)nc(N4CCCC4C)n3)C2)CCN1. The predicted molar refractivity (Wildman–Crippen MR) is 134 cm³/mol. The lowest BCUT2D eigenvalue weighted by atomic mass is 10.1. The summed E-state index contributed by atoms with van der Waals surface area (Å²) in [5.74, 6) is 0.179. The molecule has 3 aliphatic heterocycles. The minimum Gasteiger partial charge on any atom is -0.365 e. The van der Waals surface area contributed by atoms with Crippen LogP contribution in [0.15, 0.2) is 36.7 Å². The van der Waals surface area contributed by atoms with Gasteiger partial charge >= 0.3 is 0 Å². The number of halogens is 3. The highest BCUT2D eigenvalue weighted by atomic mass is 35.5. The first-order valence-corrected chi connectivity index (χ1v) is 12.6. The fraction of sp³-hybridized carbons (Fsp3) is 0.500. The van der Waals surface area contributed by atoms with Crippen LogP contribution < -0.4 is 15.5 Å². The molecule has 4 heterocycles. The summed E-state index contributed by atoms with van der Waals surface area (Å²) in [5.41, 5.74) is 2.06. The van der Waals surface area contributed by atoms with Crippen LogP contribution >= 0.6 is 23.2 Å². The zero-order valence-corrected chi connectivity index (χ0v) is 21.0. The molecule has 0 spiro atoms. The summed E-state index contributed by atoms with van der Waals surface area (Å²) in [5, 5.41) is 11.3. The molecule has 1 aromatic heterocycles. The summed E-state index contributed by atoms with van der Waals surface area (Å²) in [6.45, 7) is 8.49. The topological polar surface area (TPSA) is 59.6 Å². The van der Waals surface area contributed by atoms with Crippen molar-refractivity contribution in [2.45, 2.75) is 43.8 Å². The maximum Gasteiger partial charge on any atom is 0.226 e. The molecule has 0 radical (unpaired) electrons. The van der Waals surface area contributed by atoms with Gasteiger partial charge in [-0.25, -0.2) is 19.4 Å². The fourth-order valence-electron chi connectivity index (χ4n) is 4.87. The van der Waals surface area contributed by atoms with Gasteiger partial charge in [0, 0.05) is 56.2 Å². The van der Waals surface area contributed by atoms with Crippen LogP contribution in [0.25, 0.3) is 11.3 Å². The maximum atomic E-state index is 13.8. The van der Waals surface area contributed by atoms with E-state index in [0.717, 1.165) is 44.6 Å². The average molecular weight is 506 g/mol. The molecule has 2 saturated heterocycles. The Hall–Kier alpha value is -2.13. The Morgan fingerprint density at radius 1 is 1.18 bits per heavy atom. The molecule has 1 aromatic carbocycles. The quantitative estimate of drug-likeness (QED) is 0.482. The molecule has 5 rings (SSSR count). The molecule has 0 aliphatic carbocycles. The van der Waals surface area contributed by atoms with Crippen molar-refractivity contribution in [3.8, 4) is 11.3 Å². The van der Waals surface area contributed by atoms with Crippen molar-refractivity contribution >= 4 is 29.2 Å². The number of nitrogens with one attached hydrogen (secondary N) is 2. The van der Waals surface area contributed by atoms with E-state index in [1.54, 1.807) is 12.1 Å². The van der Waals surface area contributed by atoms with Gasteiger partial charge in [0.15, 0.2) is 5.00 Å². The van der Waals surface area contributed by atoms with E-state index in [2.05, 4.69) is 39.4 Å². The fourth-order valence-corrected chi connectivity index (χ4v) is 5.33. The molecule has 2 aromatic rings. The number of piperazine rings is 1. The lowest BCUT2D eigenvalue weighted by Gasteiger charge is -2.45. The largest absolute Gasteiger partial charge is 0.365 e. The van der Waals surface area contributed by atoms with Gasteiger partial charge in [0.25, 0.3) is 0 Å². The Morgan fingerprint density at radius 3 is 2.76 bits per heavy atom. The molecule has 3 atom stereocenters. The van der Waals surface area contributed by atoms with Crippen LogP contribution in [-0.2, 0) is 5.00 Å². The standard InChI is InChI=1S/C24H30Cl2FN7/c1-16-14-32(10-7-28-16)33-11-8-29-24(26,15-33)22-13-21(18-5-6-20(27)19(25)12-18)30-23(31-22)34-9-3-4-17(34)2/h5-6,8,11-13,16-17,28-29H,3-4,7,9-10,14-15H2,1-2H3. The lowest BCUT2D eigenvalue weighted by molar-refractivity contribution is -0.0180. The van der Waals surface area contributed by atoms with Gasteiger partial charge in [-0.1, -0.05) is 23.2 Å². The molecule has 34 heavy (non-hydrogen) atoms. The summed E-state index contributed by atoms with van der Waals surface area (Å²) in [6, 6.07) is 7.27. The van der Waals surface area contributed by atoms with Crippen molar-refractivity contribution < 1.29 is 4.39 Å². The predicted octanol–water partition coefficient (Wildman–Crippen LogP) is 3.90. The van der Waals surface area contributed by atoms with Crippen LogP contribution in [0, 0.1) is 5.82 Å². The van der Waals surface area contributed by atoms with Crippen molar-refractivity contribution in [2.75, 3.05) is 37.6 Å². The van der Waals surface area contributed by atoms with E-state index >= 15 is 0 Å². The van der Waals surface area contributed by atoms with E-state index in [9.17, 15) is 4.39 Å². The van der Waals surface area contributed by atoms with Gasteiger partial charge in [-0.15, -0.1) is 0 Å². The van der Waals surface area contributed by atoms with Crippen LogP contribution in [0.1, 0.15) is 32.4 Å². The summed E-state index contributed by atoms with van der Waals surface area (Å²) in [6.07, 6.45) is 6.07. The molecule has 10 heteroatoms. The first-order valence-electron chi connectivity index (χ1n) is 11.8. The van der Waals surface area contributed by atoms with E-state index in [-0.39, 0.29) is 5.02 Å². The minimum atomic E-state index is -0.956. The highest BCUT2D eigenvalue weighted by molar-refractivity contribution is 6.31. The Labute approximate surface area is 209 Å². The second-order valence-corrected chi connectivity index (χ2v) is 10.4. The molecule has 7 nitrogen and oxygen atoms in total. The van der Waals surface area contributed by atoms with E-state index in [4.69, 9.17) is 33.2 Å². The third-order valence-electron chi connectivity index (χ3n) is 6.79. The van der Waals surface area contributed by atoms with E-state index in [1.165, 1.54) is 6.07 Å². The number of aromatic nitrogens is 2. The molecule has 2 fully saturated rings. The van der Waals surface area contributed by atoms with Gasteiger partial charge in [0.05, 0.1) is 23.0 Å². The van der Waals surface area contributed by atoms with Crippen LogP contribution in [-0.4, -0.2) is 64.8 Å². The average Bonchev–Trinajstić information content (AvgIpc) is 3.26. The van der Waals surface area contributed by atoms with E-state index in [0.29, 0.717) is 36.0 Å². The van der Waals surface area contributed by atoms with Gasteiger partial charge in [0.2, 0.25) is 5.95 Å². The number of anilines is 1. The third kappa shape index (κ3) is 4.69. The van der Waals surface area contributed by atoms with Gasteiger partial charge in [-0.3, -0.25) is 0 Å². The number of rotatable bonds is 4. The summed E-state index contributed by atoms with van der Waals surface area (Å²) >= 11 is 13.3. The Balaban J connectivity index is 1.53. The van der Waals surface area contributed by atoms with Crippen LogP contribution in [0.4, 0.5) is 10.3 Å². The van der Waals surface area contributed by atoms with Crippen molar-refractivity contribution in [1.82, 2.24) is 30.6 Å². The highest BCUT2D eigenvalue weighted by Crippen LogP contribution is 2.35. The van der Waals surface area contributed by atoms with Gasteiger partial charge in [-0.05, 0) is 51.0 Å². The summed E-state index contributed by atoms with van der Waals surface area (Å²) < 4.78 is 13.8. The molecular formula is C24H30Cl2FN7. The van der Waals surface area contributed by atoms with Crippen LogP contribution in [0.2, 0.25) is 5.02 Å². The Bertz CT molecular complexity index is 1080. The van der Waals surface area contributed by atoms with Crippen LogP contribution in [0.5, 0.6) is 0 Å². The smallest absolute Gasteiger partial charge is 0.226 e. The summed E-state index contributed by atoms with van der Waals surface area (Å²) in [4.78, 5) is 11.1. The van der Waals surface area contributed by atoms with Gasteiger partial charge < -0.3 is 20.5 Å². The number of hydrazine groups is 1. The first kappa shape index (κ1) is 23.6. The van der Waals surface area contributed by atoms with E-state index in [1.807, 2.05) is 18.5 Å². The van der Waals surface area contributed by atoms with Gasteiger partial charge in [0.1, 0.15) is 5.82 Å². The van der Waals surface area contributed by atoms with Crippen LogP contribution in [0.3, 0.4) is 0 Å². The van der Waals surface area contributed by atoms with Crippen molar-refractivity contribution in [1.29, 1.82) is 0 Å². The first-order chi connectivity index (χ1) is 16.3. The van der Waals surface area contributed by atoms with Crippen molar-refractivity contribution in [3.63, 3.8) is 0 Å². The molecule has 0 bridgehead atoms. The lowest BCUT2D eigenvalue weighted by Crippen LogP contribution is -2.59. The minimum absolute atomic E-state index is 0.0621. The molecule has 3 unspecified atom stereocenters. The molecule has 182 valence electrons. The number of nitrogens with zero attached hydrogens (tertiary/aromatic N) is 5. The molecule has 2 N–H and O–H groups in total. The van der Waals surface area contributed by atoms with Crippen molar-refractivity contribution in [3.05, 3.63) is 53.2 Å². The maximum absolute atomic E-state index is 13.8. The highest BCUT2D eigenvalue weighted by Gasteiger charge is 2.38. The molecule has 0 amide bonds. The second kappa shape index (κ2) is 9.49. The monoisotopic (exact) mass is 505 g/mol. The zero-order valence-electron chi connectivity index (χ0n) is 19.4. The molecular weight excluding hydrogens is 476 g/mol. The summed E-state index contributed by atoms with van der Waals surface area (Å²) in [7, 11) is 0. The third-order valence-corrected chi connectivity index (χ3v) is 7.51. The molecule has 3 aliphatic rings. The number of hydrogen-bond donors (Lipinski definition) is 2. The number of alkyl halides is 1. The zero-order chi connectivity index (χ0) is 23.9. The second-order valence-electron chi connectivity index (χ2n) is 9.38. The van der Waals surface area contributed by atoms with Gasteiger partial charge in [-0.2, -0.15) is 0 Å². The Morgan fingerprint density at radius 2 is 2.03 bits per heavy atom. The number of benzene rings is 1. The number of hydrogen-bond acceptors (Lipinski definition) is 7. The van der Waals surface area contributed by atoms with E-state index < -0.39 is 10.8 Å². The molecule has 0 saturated carbocycles. The Kier molecular flexibility index (Phi) is 6.59.